The zero-order valence-corrected chi connectivity index (χ0v) is 22.9. The molecule has 26 heavy (non-hydrogen) atoms. The molecule has 0 aromatic carbocycles. The minimum absolute atomic E-state index is 0. The van der Waals surface area contributed by atoms with Gasteiger partial charge in [-0.3, -0.25) is 0 Å². The van der Waals surface area contributed by atoms with Crippen LogP contribution in [0.25, 0.3) is 0 Å². The molecule has 26 heteroatoms. The van der Waals surface area contributed by atoms with E-state index in [0.29, 0.717) is 0 Å². The maximum atomic E-state index is 9.32. The van der Waals surface area contributed by atoms with Crippen molar-refractivity contribution in [3.05, 3.63) is 0 Å². The molecule has 0 amide bonds. The first-order valence-electron chi connectivity index (χ1n) is 3.53. The quantitative estimate of drug-likeness (QED) is 0.199. The Balaban J connectivity index is -0.0000000375. The fourth-order valence-corrected chi connectivity index (χ4v) is 1.10. The number of hydrogen-bond donors (Lipinski definition) is 0. The van der Waals surface area contributed by atoms with Crippen molar-refractivity contribution in [2.45, 2.75) is 0 Å². The monoisotopic (exact) mass is 642 g/mol. The molecule has 0 unspecified atom stereocenters. The van der Waals surface area contributed by atoms with Crippen LogP contribution in [0.2, 0.25) is 0 Å². The molecule has 0 aromatic heterocycles. The van der Waals surface area contributed by atoms with Gasteiger partial charge >= 0.3 is 67.4 Å². The molecule has 0 aliphatic rings. The van der Waals surface area contributed by atoms with E-state index in [4.69, 9.17) is 52.5 Å². The molecule has 0 saturated carbocycles. The minimum Gasteiger partial charge on any atom is -0.822 e. The molecule has 148 valence electrons. The Hall–Kier alpha value is 2.32. The van der Waals surface area contributed by atoms with Gasteiger partial charge in [0, 0.05) is 9.17 Å². The smallest absolute Gasteiger partial charge is 0.822 e. The molecule has 0 aliphatic carbocycles. The van der Waals surface area contributed by atoms with Gasteiger partial charge in [0.15, 0.2) is 0 Å². The van der Waals surface area contributed by atoms with Crippen LogP contribution in [-0.4, -0.2) is 9.17 Å². The predicted octanol–water partition coefficient (Wildman–Crippen LogP) is -11.9. The summed E-state index contributed by atoms with van der Waals surface area (Å²) in [5.74, 6) is 0. The summed E-state index contributed by atoms with van der Waals surface area (Å²) in [5, 5.41) is 0. The van der Waals surface area contributed by atoms with Crippen molar-refractivity contribution >= 4 is 40.5 Å². The fourth-order valence-electron chi connectivity index (χ4n) is 0.122. The largest absolute Gasteiger partial charge is 2.00 e. The van der Waals surface area contributed by atoms with Crippen LogP contribution in [-0.2, 0) is 94.4 Å². The molecule has 0 aromatic rings. The van der Waals surface area contributed by atoms with E-state index in [9.17, 15) is 28.7 Å². The van der Waals surface area contributed by atoms with E-state index in [-0.39, 0.29) is 67.4 Å². The van der Waals surface area contributed by atoms with Gasteiger partial charge in [-0.1, -0.05) is 0 Å². The third-order valence-corrected chi connectivity index (χ3v) is 1.80. The zero-order valence-electron chi connectivity index (χ0n) is 11.3. The molecule has 0 radical (unpaired) electrons. The maximum Gasteiger partial charge on any atom is 2.00 e. The Morgan fingerprint density at radius 3 is 0.692 bits per heavy atom. The van der Waals surface area contributed by atoms with Gasteiger partial charge in [-0.15, -0.1) is 0 Å². The van der Waals surface area contributed by atoms with Crippen LogP contribution in [0, 0.1) is 0 Å². The van der Waals surface area contributed by atoms with Crippen molar-refractivity contribution in [3.8, 4) is 0 Å². The first kappa shape index (κ1) is 46.5. The average molecular weight is 644 g/mol. The van der Waals surface area contributed by atoms with Crippen LogP contribution in [0.15, 0.2) is 0 Å². The van der Waals surface area contributed by atoms with E-state index in [1.54, 1.807) is 0 Å². The Morgan fingerprint density at radius 1 is 0.615 bits per heavy atom. The second-order valence-electron chi connectivity index (χ2n) is 2.12. The predicted molar refractivity (Wildman–Crippen MR) is 38.0 cm³/mol. The van der Waals surface area contributed by atoms with Gasteiger partial charge in [-0.2, -0.15) is 15.6 Å². The summed E-state index contributed by atoms with van der Waals surface area (Å²) in [6.45, 7) is 0. The molecule has 0 rings (SSSR count). The second-order valence-corrected chi connectivity index (χ2v) is 6.85. The van der Waals surface area contributed by atoms with Gasteiger partial charge in [0.1, 0.15) is 0 Å². The van der Waals surface area contributed by atoms with E-state index in [1.165, 1.54) is 0 Å². The van der Waals surface area contributed by atoms with Crippen LogP contribution >= 0.6 is 31.3 Å². The zero-order chi connectivity index (χ0) is 20.3. The van der Waals surface area contributed by atoms with Gasteiger partial charge in [0.2, 0.25) is 0 Å². The summed E-state index contributed by atoms with van der Waals surface area (Å²) >= 11 is 0. The fraction of sp³-hybridized carbons (Fsp3) is 0. The average Bonchev–Trinajstić information content (AvgIpc) is 1.83. The molecular weight excluding hydrogens is 644 g/mol. The molecule has 0 fully saturated rings. The molecule has 0 atom stereocenters. The van der Waals surface area contributed by atoms with Crippen molar-refractivity contribution < 1.29 is 153 Å². The molecule has 0 N–H and O–H groups in total. The molecular formula is O18P4SiTiZnZr-6. The minimum atomic E-state index is -5.68. The van der Waals surface area contributed by atoms with Crippen molar-refractivity contribution in [2.75, 3.05) is 0 Å². The van der Waals surface area contributed by atoms with E-state index in [0.717, 1.165) is 0 Å². The van der Waals surface area contributed by atoms with E-state index in [1.807, 2.05) is 0 Å². The third kappa shape index (κ3) is 244. The summed E-state index contributed by atoms with van der Waals surface area (Å²) < 4.78 is 46.8. The van der Waals surface area contributed by atoms with Crippen molar-refractivity contribution in [2.24, 2.45) is 0 Å². The summed E-state index contributed by atoms with van der Waals surface area (Å²) in [6, 6.07) is 0. The van der Waals surface area contributed by atoms with Crippen LogP contribution in [0.3, 0.4) is 0 Å². The maximum absolute atomic E-state index is 9.32. The van der Waals surface area contributed by atoms with Gasteiger partial charge in [0.05, 0.1) is 15.6 Å². The number of phosphoric acid groups is 4. The van der Waals surface area contributed by atoms with Gasteiger partial charge < -0.3 is 85.6 Å². The summed E-state index contributed by atoms with van der Waals surface area (Å²) in [6.07, 6.45) is 0. The molecule has 0 bridgehead atoms. The molecule has 0 saturated heterocycles. The third-order valence-electron chi connectivity index (χ3n) is 0.200. The van der Waals surface area contributed by atoms with Crippen LogP contribution in [0.4, 0.5) is 0 Å². The summed E-state index contributed by atoms with van der Waals surface area (Å²) in [7, 11) is -25.8. The molecule has 0 spiro atoms. The van der Waals surface area contributed by atoms with E-state index in [2.05, 4.69) is 4.31 Å². The van der Waals surface area contributed by atoms with Gasteiger partial charge in [-0.05, 0) is 0 Å². The van der Waals surface area contributed by atoms with Gasteiger partial charge in [-0.25, -0.2) is 0 Å². The Morgan fingerprint density at radius 2 is 0.692 bits per heavy atom. The summed E-state index contributed by atoms with van der Waals surface area (Å²) in [5.41, 5.74) is 0. The van der Waals surface area contributed by atoms with Crippen molar-refractivity contribution in [1.82, 2.24) is 0 Å². The van der Waals surface area contributed by atoms with E-state index < -0.39 is 40.5 Å². The molecule has 0 aliphatic heterocycles. The standard InChI is InChI=1S/H4O7P2.2H3O4P.O3Si.Ti.Zn.Zr/c1-8(2,3)7-9(4,5)6;2*1-5(2,3)4;1-4(2)3;;;/h(H2,1,2,3)(H2,4,5,6);2*(H3,1,2,3,4);;;;/q;;;-2;3*+2/p-10. The Bertz CT molecular complexity index is 449. The van der Waals surface area contributed by atoms with E-state index >= 15 is 0 Å². The first-order chi connectivity index (χ1) is 9.44. The number of hydrogen-bond acceptors (Lipinski definition) is 18. The SMILES string of the molecule is O=P([O-])([O-])OP(=O)([O-])[O-].O=P([O-])([O-])[O-].O=P([O-])([O-])[O-].O=[Si]([O-])[O-].[Ti+2].[Zn+2].[Zr+2]. The number of rotatable bonds is 2. The second kappa shape index (κ2) is 20.6. The molecule has 18 nitrogen and oxygen atoms in total. The normalized spacial score (nSPS) is 10.2. The van der Waals surface area contributed by atoms with Crippen LogP contribution in [0.1, 0.15) is 0 Å². The first-order valence-corrected chi connectivity index (χ1v) is 10.6. The van der Waals surface area contributed by atoms with Crippen molar-refractivity contribution in [3.63, 3.8) is 0 Å². The Labute approximate surface area is 192 Å². The summed E-state index contributed by atoms with van der Waals surface area (Å²) in [4.78, 5) is 106. The van der Waals surface area contributed by atoms with Crippen molar-refractivity contribution in [1.29, 1.82) is 0 Å². The molecule has 0 heterocycles. The van der Waals surface area contributed by atoms with Crippen LogP contribution < -0.4 is 58.5 Å². The Kier molecular flexibility index (Phi) is 36.8. The van der Waals surface area contributed by atoms with Crippen LogP contribution in [0.5, 0.6) is 0 Å². The van der Waals surface area contributed by atoms with Gasteiger partial charge in [0.25, 0.3) is 0 Å². The topological polar surface area (TPSA) is 371 Å².